The maximum absolute atomic E-state index is 11.7. The highest BCUT2D eigenvalue weighted by Crippen LogP contribution is 2.14. The van der Waals surface area contributed by atoms with Crippen molar-refractivity contribution in [1.29, 1.82) is 0 Å². The number of nitrogens with one attached hydrogen (secondary N) is 2. The number of amides is 1. The van der Waals surface area contributed by atoms with Crippen molar-refractivity contribution < 1.29 is 19.4 Å². The molecule has 0 aromatic carbocycles. The number of ether oxygens (including phenoxy) is 1. The third kappa shape index (κ3) is 5.57. The van der Waals surface area contributed by atoms with Gasteiger partial charge in [-0.05, 0) is 26.7 Å². The minimum absolute atomic E-state index is 0.0257. The van der Waals surface area contributed by atoms with E-state index < -0.39 is 11.9 Å². The maximum atomic E-state index is 11.7. The van der Waals surface area contributed by atoms with Crippen LogP contribution in [-0.2, 0) is 14.3 Å². The molecule has 1 rings (SSSR count). The lowest BCUT2D eigenvalue weighted by Crippen LogP contribution is -2.47. The first kappa shape index (κ1) is 15.9. The summed E-state index contributed by atoms with van der Waals surface area (Å²) in [5.74, 6) is -1.42. The Balaban J connectivity index is 2.32. The molecule has 0 aliphatic carbocycles. The first-order valence-corrected chi connectivity index (χ1v) is 6.70. The topological polar surface area (TPSA) is 87.7 Å². The molecule has 19 heavy (non-hydrogen) atoms. The van der Waals surface area contributed by atoms with E-state index in [-0.39, 0.29) is 24.2 Å². The van der Waals surface area contributed by atoms with Gasteiger partial charge in [-0.25, -0.2) is 0 Å². The second-order valence-corrected chi connectivity index (χ2v) is 5.65. The molecule has 2 unspecified atom stereocenters. The normalized spacial score (nSPS) is 23.9. The van der Waals surface area contributed by atoms with Crippen LogP contribution >= 0.6 is 0 Å². The van der Waals surface area contributed by atoms with Crippen LogP contribution < -0.4 is 10.6 Å². The molecule has 0 bridgehead atoms. The average molecular weight is 272 g/mol. The summed E-state index contributed by atoms with van der Waals surface area (Å²) in [6, 6.07) is 0. The molecular weight excluding hydrogens is 248 g/mol. The summed E-state index contributed by atoms with van der Waals surface area (Å²) >= 11 is 0. The van der Waals surface area contributed by atoms with Gasteiger partial charge in [0.2, 0.25) is 5.91 Å². The van der Waals surface area contributed by atoms with E-state index >= 15 is 0 Å². The van der Waals surface area contributed by atoms with Crippen molar-refractivity contribution in [1.82, 2.24) is 10.6 Å². The molecule has 0 spiro atoms. The van der Waals surface area contributed by atoms with Gasteiger partial charge >= 0.3 is 5.97 Å². The highest BCUT2D eigenvalue weighted by molar-refractivity contribution is 5.78. The summed E-state index contributed by atoms with van der Waals surface area (Å²) in [6.45, 7) is 6.94. The zero-order chi connectivity index (χ0) is 14.5. The van der Waals surface area contributed by atoms with Crippen LogP contribution in [0.2, 0.25) is 0 Å². The Kier molecular flexibility index (Phi) is 5.75. The quantitative estimate of drug-likeness (QED) is 0.650. The average Bonchev–Trinajstić information content (AvgIpc) is 2.36. The molecule has 6 heteroatoms. The molecule has 1 amide bonds. The summed E-state index contributed by atoms with van der Waals surface area (Å²) in [5.41, 5.74) is -0.241. The van der Waals surface area contributed by atoms with Gasteiger partial charge in [0.1, 0.15) is 6.61 Å². The standard InChI is InChI=1S/C13H24N2O4/c1-4-13(2,3)15-11(16)8-19-10-5-9(12(17)18)6-14-7-10/h9-10,14H,4-8H2,1-3H3,(H,15,16)(H,17,18). The third-order valence-corrected chi connectivity index (χ3v) is 3.47. The van der Waals surface area contributed by atoms with Crippen LogP contribution in [0.1, 0.15) is 33.6 Å². The van der Waals surface area contributed by atoms with Crippen LogP contribution in [0.25, 0.3) is 0 Å². The van der Waals surface area contributed by atoms with Gasteiger partial charge in [-0.3, -0.25) is 9.59 Å². The van der Waals surface area contributed by atoms with Gasteiger partial charge in [-0.1, -0.05) is 6.92 Å². The molecule has 1 fully saturated rings. The minimum atomic E-state index is -0.822. The fourth-order valence-electron chi connectivity index (χ4n) is 1.91. The van der Waals surface area contributed by atoms with E-state index in [4.69, 9.17) is 9.84 Å². The van der Waals surface area contributed by atoms with Crippen molar-refractivity contribution in [2.45, 2.75) is 45.3 Å². The van der Waals surface area contributed by atoms with Crippen LogP contribution in [0, 0.1) is 5.92 Å². The number of aliphatic carboxylic acids is 1. The first-order valence-electron chi connectivity index (χ1n) is 6.70. The molecule has 1 aliphatic rings. The Morgan fingerprint density at radius 2 is 2.11 bits per heavy atom. The van der Waals surface area contributed by atoms with Crippen molar-refractivity contribution >= 4 is 11.9 Å². The van der Waals surface area contributed by atoms with Gasteiger partial charge in [0.05, 0.1) is 12.0 Å². The summed E-state index contributed by atoms with van der Waals surface area (Å²) in [6.07, 6.45) is 1.07. The molecule has 6 nitrogen and oxygen atoms in total. The third-order valence-electron chi connectivity index (χ3n) is 3.47. The van der Waals surface area contributed by atoms with Gasteiger partial charge < -0.3 is 20.5 Å². The number of carbonyl (C=O) groups is 2. The highest BCUT2D eigenvalue weighted by Gasteiger charge is 2.28. The second kappa shape index (κ2) is 6.86. The van der Waals surface area contributed by atoms with Crippen LogP contribution in [0.3, 0.4) is 0 Å². The van der Waals surface area contributed by atoms with Crippen molar-refractivity contribution in [3.8, 4) is 0 Å². The Labute approximate surface area is 113 Å². The second-order valence-electron chi connectivity index (χ2n) is 5.65. The fourth-order valence-corrected chi connectivity index (χ4v) is 1.91. The Morgan fingerprint density at radius 3 is 2.68 bits per heavy atom. The molecule has 0 aromatic heterocycles. The number of carboxylic acids is 1. The number of hydrogen-bond donors (Lipinski definition) is 3. The Bertz CT molecular complexity index is 331. The van der Waals surface area contributed by atoms with Crippen molar-refractivity contribution in [2.24, 2.45) is 5.92 Å². The van der Waals surface area contributed by atoms with Gasteiger partial charge in [-0.2, -0.15) is 0 Å². The molecule has 1 aliphatic heterocycles. The molecule has 2 atom stereocenters. The summed E-state index contributed by atoms with van der Waals surface area (Å²) in [4.78, 5) is 22.6. The predicted octanol–water partition coefficient (Wildman–Crippen LogP) is 0.371. The number of carbonyl (C=O) groups excluding carboxylic acids is 1. The zero-order valence-corrected chi connectivity index (χ0v) is 11.9. The molecule has 110 valence electrons. The van der Waals surface area contributed by atoms with Crippen molar-refractivity contribution in [3.05, 3.63) is 0 Å². The summed E-state index contributed by atoms with van der Waals surface area (Å²) in [5, 5.41) is 14.8. The zero-order valence-electron chi connectivity index (χ0n) is 11.9. The van der Waals surface area contributed by atoms with Crippen molar-refractivity contribution in [2.75, 3.05) is 19.7 Å². The number of piperidine rings is 1. The van der Waals surface area contributed by atoms with E-state index in [2.05, 4.69) is 10.6 Å². The smallest absolute Gasteiger partial charge is 0.307 e. The molecule has 0 radical (unpaired) electrons. The largest absolute Gasteiger partial charge is 0.481 e. The van der Waals surface area contributed by atoms with Crippen LogP contribution in [0.4, 0.5) is 0 Å². The summed E-state index contributed by atoms with van der Waals surface area (Å²) < 4.78 is 5.48. The van der Waals surface area contributed by atoms with Gasteiger partial charge in [0.25, 0.3) is 0 Å². The van der Waals surface area contributed by atoms with E-state index in [1.54, 1.807) is 0 Å². The Morgan fingerprint density at radius 1 is 1.42 bits per heavy atom. The number of carboxylic acid groups (broad SMARTS) is 1. The molecule has 1 heterocycles. The van der Waals surface area contributed by atoms with Gasteiger partial charge in [0, 0.05) is 18.6 Å². The first-order chi connectivity index (χ1) is 8.84. The number of hydrogen-bond acceptors (Lipinski definition) is 4. The maximum Gasteiger partial charge on any atom is 0.307 e. The number of rotatable bonds is 6. The fraction of sp³-hybridized carbons (Fsp3) is 0.846. The van der Waals surface area contributed by atoms with E-state index in [1.807, 2.05) is 20.8 Å². The predicted molar refractivity (Wildman–Crippen MR) is 70.9 cm³/mol. The molecule has 1 saturated heterocycles. The lowest BCUT2D eigenvalue weighted by Gasteiger charge is -2.28. The molecule has 3 N–H and O–H groups in total. The summed E-state index contributed by atoms with van der Waals surface area (Å²) in [7, 11) is 0. The van der Waals surface area contributed by atoms with Crippen LogP contribution in [-0.4, -0.2) is 48.3 Å². The van der Waals surface area contributed by atoms with Crippen LogP contribution in [0.15, 0.2) is 0 Å². The molecule has 0 aromatic rings. The van der Waals surface area contributed by atoms with E-state index in [0.29, 0.717) is 19.5 Å². The van der Waals surface area contributed by atoms with E-state index in [9.17, 15) is 9.59 Å². The van der Waals surface area contributed by atoms with Gasteiger partial charge in [-0.15, -0.1) is 0 Å². The van der Waals surface area contributed by atoms with E-state index in [1.165, 1.54) is 0 Å². The SMILES string of the molecule is CCC(C)(C)NC(=O)COC1CNCC(C(=O)O)C1. The Hall–Kier alpha value is -1.14. The lowest BCUT2D eigenvalue weighted by molar-refractivity contribution is -0.144. The van der Waals surface area contributed by atoms with Gasteiger partial charge in [0.15, 0.2) is 0 Å². The molecule has 0 saturated carbocycles. The highest BCUT2D eigenvalue weighted by atomic mass is 16.5. The van der Waals surface area contributed by atoms with Crippen molar-refractivity contribution in [3.63, 3.8) is 0 Å². The monoisotopic (exact) mass is 272 g/mol. The molecular formula is C13H24N2O4. The van der Waals surface area contributed by atoms with Crippen LogP contribution in [0.5, 0.6) is 0 Å². The van der Waals surface area contributed by atoms with E-state index in [0.717, 1.165) is 6.42 Å². The lowest BCUT2D eigenvalue weighted by atomic mass is 9.98. The minimum Gasteiger partial charge on any atom is -0.481 e.